The van der Waals surface area contributed by atoms with E-state index in [2.05, 4.69) is 5.32 Å². The fourth-order valence-corrected chi connectivity index (χ4v) is 1.75. The zero-order valence-corrected chi connectivity index (χ0v) is 11.2. The quantitative estimate of drug-likeness (QED) is 0.754. The Morgan fingerprint density at radius 2 is 1.65 bits per heavy atom. The molecule has 20 heavy (non-hydrogen) atoms. The summed E-state index contributed by atoms with van der Waals surface area (Å²) in [6, 6.07) is 4.43. The zero-order chi connectivity index (χ0) is 15.0. The van der Waals surface area contributed by atoms with Crippen molar-refractivity contribution >= 4 is 11.6 Å². The topological polar surface area (TPSA) is 55.1 Å². The first kappa shape index (κ1) is 16.5. The summed E-state index contributed by atoms with van der Waals surface area (Å²) in [6.45, 7) is 0.651. The van der Waals surface area contributed by atoms with Gasteiger partial charge in [0.15, 0.2) is 0 Å². The molecule has 0 atom stereocenters. The normalized spacial score (nSPS) is 11.4. The first-order chi connectivity index (χ1) is 9.43. The molecule has 0 saturated carbocycles. The first-order valence-electron chi connectivity index (χ1n) is 6.60. The van der Waals surface area contributed by atoms with Crippen molar-refractivity contribution in [1.82, 2.24) is 0 Å². The van der Waals surface area contributed by atoms with Crippen LogP contribution >= 0.6 is 0 Å². The lowest BCUT2D eigenvalue weighted by atomic mass is 10.1. The lowest BCUT2D eigenvalue weighted by Crippen LogP contribution is -2.11. The Bertz CT molecular complexity index is 415. The molecule has 0 fully saturated rings. The van der Waals surface area contributed by atoms with E-state index in [4.69, 9.17) is 5.73 Å². The Morgan fingerprint density at radius 3 is 2.20 bits per heavy atom. The minimum absolute atomic E-state index is 0.183. The highest BCUT2D eigenvalue weighted by Gasteiger charge is 2.29. The summed E-state index contributed by atoms with van der Waals surface area (Å²) in [4.78, 5) is 11.6. The highest BCUT2D eigenvalue weighted by atomic mass is 19.4. The third kappa shape index (κ3) is 6.06. The van der Waals surface area contributed by atoms with Crippen LogP contribution in [0.1, 0.15) is 37.7 Å². The van der Waals surface area contributed by atoms with Gasteiger partial charge in [0.1, 0.15) is 0 Å². The van der Waals surface area contributed by atoms with Crippen LogP contribution in [0.4, 0.5) is 18.9 Å². The number of nitrogens with one attached hydrogen (secondary N) is 1. The maximum Gasteiger partial charge on any atom is 0.416 e. The maximum atomic E-state index is 12.4. The Kier molecular flexibility index (Phi) is 6.51. The summed E-state index contributed by atoms with van der Waals surface area (Å²) < 4.78 is 37.1. The van der Waals surface area contributed by atoms with Gasteiger partial charge in [-0.2, -0.15) is 13.2 Å². The van der Waals surface area contributed by atoms with Gasteiger partial charge in [-0.05, 0) is 43.7 Å². The highest BCUT2D eigenvalue weighted by molar-refractivity contribution is 5.90. The number of nitrogens with two attached hydrogens (primary N) is 1. The van der Waals surface area contributed by atoms with E-state index in [0.717, 1.165) is 37.8 Å². The predicted molar refractivity (Wildman–Crippen MR) is 72.2 cm³/mol. The van der Waals surface area contributed by atoms with E-state index < -0.39 is 11.7 Å². The van der Waals surface area contributed by atoms with Crippen molar-refractivity contribution in [2.24, 2.45) is 5.73 Å². The van der Waals surface area contributed by atoms with Crippen molar-refractivity contribution in [3.05, 3.63) is 29.8 Å². The van der Waals surface area contributed by atoms with Crippen LogP contribution in [0.2, 0.25) is 0 Å². The molecule has 0 aliphatic heterocycles. The van der Waals surface area contributed by atoms with Crippen LogP contribution in [0.3, 0.4) is 0 Å². The molecule has 0 saturated heterocycles. The number of hydrogen-bond donors (Lipinski definition) is 2. The number of carbonyl (C=O) groups excluding carboxylic acids is 1. The molecular formula is C14H19F3N2O. The molecule has 0 heterocycles. The number of carbonyl (C=O) groups is 1. The summed E-state index contributed by atoms with van der Waals surface area (Å²) >= 11 is 0. The van der Waals surface area contributed by atoms with E-state index in [1.807, 2.05) is 0 Å². The minimum atomic E-state index is -4.36. The molecular weight excluding hydrogens is 269 g/mol. The number of alkyl halides is 3. The summed E-state index contributed by atoms with van der Waals surface area (Å²) in [5.41, 5.74) is 5.01. The average molecular weight is 288 g/mol. The van der Waals surface area contributed by atoms with Gasteiger partial charge in [0.2, 0.25) is 5.91 Å². The van der Waals surface area contributed by atoms with Crippen LogP contribution in [0.25, 0.3) is 0 Å². The van der Waals surface area contributed by atoms with Crippen LogP contribution in [0.15, 0.2) is 24.3 Å². The lowest BCUT2D eigenvalue weighted by Gasteiger charge is -2.08. The van der Waals surface area contributed by atoms with Crippen molar-refractivity contribution in [1.29, 1.82) is 0 Å². The Hall–Kier alpha value is -1.56. The number of halogens is 3. The predicted octanol–water partition coefficient (Wildman–Crippen LogP) is 3.55. The van der Waals surface area contributed by atoms with Crippen LogP contribution in [-0.4, -0.2) is 12.5 Å². The number of anilines is 1. The van der Waals surface area contributed by atoms with Gasteiger partial charge in [-0.25, -0.2) is 0 Å². The molecule has 0 aliphatic carbocycles. The Morgan fingerprint density at radius 1 is 1.05 bits per heavy atom. The molecule has 0 unspecified atom stereocenters. The zero-order valence-electron chi connectivity index (χ0n) is 11.2. The van der Waals surface area contributed by atoms with Crippen LogP contribution in [-0.2, 0) is 11.0 Å². The van der Waals surface area contributed by atoms with E-state index >= 15 is 0 Å². The average Bonchev–Trinajstić information content (AvgIpc) is 2.38. The third-order valence-corrected chi connectivity index (χ3v) is 2.85. The number of unbranched alkanes of at least 4 members (excludes halogenated alkanes) is 3. The fourth-order valence-electron chi connectivity index (χ4n) is 1.75. The molecule has 0 aliphatic rings. The van der Waals surface area contributed by atoms with Gasteiger partial charge in [0.05, 0.1) is 5.56 Å². The molecule has 3 nitrogen and oxygen atoms in total. The molecule has 1 aromatic carbocycles. The molecule has 0 bridgehead atoms. The lowest BCUT2D eigenvalue weighted by molar-refractivity contribution is -0.137. The fraction of sp³-hybridized carbons (Fsp3) is 0.500. The molecule has 0 radical (unpaired) electrons. The first-order valence-corrected chi connectivity index (χ1v) is 6.60. The monoisotopic (exact) mass is 288 g/mol. The molecule has 1 rings (SSSR count). The van der Waals surface area contributed by atoms with Crippen LogP contribution in [0.5, 0.6) is 0 Å². The Balaban J connectivity index is 2.35. The number of hydrogen-bond acceptors (Lipinski definition) is 2. The van der Waals surface area contributed by atoms with Gasteiger partial charge < -0.3 is 11.1 Å². The molecule has 112 valence electrons. The third-order valence-electron chi connectivity index (χ3n) is 2.85. The van der Waals surface area contributed by atoms with Gasteiger partial charge in [-0.1, -0.05) is 12.8 Å². The molecule has 0 spiro atoms. The van der Waals surface area contributed by atoms with Gasteiger partial charge in [0.25, 0.3) is 0 Å². The number of amides is 1. The van der Waals surface area contributed by atoms with Crippen molar-refractivity contribution in [3.8, 4) is 0 Å². The number of benzene rings is 1. The van der Waals surface area contributed by atoms with Gasteiger partial charge in [-0.15, -0.1) is 0 Å². The second-order valence-corrected chi connectivity index (χ2v) is 4.58. The van der Waals surface area contributed by atoms with E-state index in [1.54, 1.807) is 0 Å². The SMILES string of the molecule is NCCCCCCC(=O)Nc1ccc(C(F)(F)F)cc1. The van der Waals surface area contributed by atoms with Gasteiger partial charge in [0, 0.05) is 12.1 Å². The molecule has 3 N–H and O–H groups in total. The second kappa shape index (κ2) is 7.89. The van der Waals surface area contributed by atoms with Crippen molar-refractivity contribution < 1.29 is 18.0 Å². The standard InChI is InChI=1S/C14H19F3N2O/c15-14(16,17)11-6-8-12(9-7-11)19-13(20)5-3-1-2-4-10-18/h6-9H,1-5,10,18H2,(H,19,20). The van der Waals surface area contributed by atoms with Crippen LogP contribution < -0.4 is 11.1 Å². The van der Waals surface area contributed by atoms with Gasteiger partial charge >= 0.3 is 6.18 Å². The summed E-state index contributed by atoms with van der Waals surface area (Å²) in [7, 11) is 0. The van der Waals surface area contributed by atoms with E-state index in [9.17, 15) is 18.0 Å². The minimum Gasteiger partial charge on any atom is -0.330 e. The van der Waals surface area contributed by atoms with Crippen molar-refractivity contribution in [2.45, 2.75) is 38.3 Å². The Labute approximate surface area is 116 Å². The molecule has 6 heteroatoms. The van der Waals surface area contributed by atoms with E-state index in [-0.39, 0.29) is 5.91 Å². The largest absolute Gasteiger partial charge is 0.416 e. The second-order valence-electron chi connectivity index (χ2n) is 4.58. The van der Waals surface area contributed by atoms with Crippen molar-refractivity contribution in [3.63, 3.8) is 0 Å². The van der Waals surface area contributed by atoms with E-state index in [1.165, 1.54) is 12.1 Å². The van der Waals surface area contributed by atoms with E-state index in [0.29, 0.717) is 18.7 Å². The van der Waals surface area contributed by atoms with Crippen LogP contribution in [0, 0.1) is 0 Å². The highest BCUT2D eigenvalue weighted by Crippen LogP contribution is 2.29. The smallest absolute Gasteiger partial charge is 0.330 e. The summed E-state index contributed by atoms with van der Waals surface area (Å²) in [5.74, 6) is -0.183. The van der Waals surface area contributed by atoms with Gasteiger partial charge in [-0.3, -0.25) is 4.79 Å². The molecule has 1 amide bonds. The number of rotatable bonds is 7. The van der Waals surface area contributed by atoms with Crippen molar-refractivity contribution in [2.75, 3.05) is 11.9 Å². The molecule has 1 aromatic rings. The summed E-state index contributed by atoms with van der Waals surface area (Å²) in [6.07, 6.45) is -0.369. The maximum absolute atomic E-state index is 12.4. The molecule has 0 aromatic heterocycles. The summed E-state index contributed by atoms with van der Waals surface area (Å²) in [5, 5.41) is 2.58.